The number of rotatable bonds is 5. The van der Waals surface area contributed by atoms with Gasteiger partial charge in [-0.2, -0.15) is 0 Å². The molecule has 0 spiro atoms. The first-order valence-corrected chi connectivity index (χ1v) is 9.85. The van der Waals surface area contributed by atoms with E-state index in [0.29, 0.717) is 28.6 Å². The number of aromatic nitrogens is 2. The van der Waals surface area contributed by atoms with Crippen LogP contribution in [0, 0.1) is 0 Å². The first kappa shape index (κ1) is 18.6. The van der Waals surface area contributed by atoms with Crippen molar-refractivity contribution in [2.24, 2.45) is 0 Å². The summed E-state index contributed by atoms with van der Waals surface area (Å²) in [6, 6.07) is 7.62. The summed E-state index contributed by atoms with van der Waals surface area (Å²) >= 11 is 7.87. The molecule has 4 rings (SSSR count). The number of thiophene rings is 1. The number of halogens is 1. The molecule has 3 heterocycles. The molecule has 6 nitrogen and oxygen atoms in total. The Morgan fingerprint density at radius 1 is 1.32 bits per heavy atom. The molecule has 1 aliphatic rings. The number of ketones is 1. The molecule has 3 aromatic rings. The van der Waals surface area contributed by atoms with Gasteiger partial charge >= 0.3 is 0 Å². The molecule has 0 bridgehead atoms. The van der Waals surface area contributed by atoms with E-state index in [1.807, 2.05) is 24.3 Å². The van der Waals surface area contributed by atoms with E-state index in [0.717, 1.165) is 16.0 Å². The average molecular weight is 414 g/mol. The molecule has 1 atom stereocenters. The Morgan fingerprint density at radius 2 is 2.18 bits per heavy atom. The molecule has 28 heavy (non-hydrogen) atoms. The molecular formula is C20H16ClN3O3S. The van der Waals surface area contributed by atoms with Gasteiger partial charge in [0.2, 0.25) is 0 Å². The summed E-state index contributed by atoms with van der Waals surface area (Å²) in [4.78, 5) is 33.2. The number of hydrogen-bond acceptors (Lipinski definition) is 6. The molecule has 0 radical (unpaired) electrons. The third kappa shape index (κ3) is 3.76. The molecule has 1 aromatic carbocycles. The SMILES string of the molecule is CC(=O)c1ccc(-c2cc(Cl)c3c(c2)CC(CNC(=O)c2cnccn2)O3)s1. The highest BCUT2D eigenvalue weighted by Gasteiger charge is 2.27. The lowest BCUT2D eigenvalue weighted by atomic mass is 10.1. The van der Waals surface area contributed by atoms with Crippen molar-refractivity contribution < 1.29 is 14.3 Å². The minimum Gasteiger partial charge on any atom is -0.486 e. The van der Waals surface area contributed by atoms with Crippen LogP contribution in [0.25, 0.3) is 10.4 Å². The van der Waals surface area contributed by atoms with Gasteiger partial charge in [0.25, 0.3) is 5.91 Å². The normalized spacial score (nSPS) is 15.0. The third-order valence-corrected chi connectivity index (χ3v) is 5.89. The molecule has 0 saturated carbocycles. The molecule has 0 saturated heterocycles. The topological polar surface area (TPSA) is 81.2 Å². The summed E-state index contributed by atoms with van der Waals surface area (Å²) < 4.78 is 5.92. The van der Waals surface area contributed by atoms with Crippen molar-refractivity contribution in [2.45, 2.75) is 19.4 Å². The van der Waals surface area contributed by atoms with Gasteiger partial charge < -0.3 is 10.1 Å². The minimum atomic E-state index is -0.296. The van der Waals surface area contributed by atoms with Gasteiger partial charge in [0.05, 0.1) is 22.6 Å². The van der Waals surface area contributed by atoms with Crippen molar-refractivity contribution in [3.05, 3.63) is 64.0 Å². The molecule has 0 fully saturated rings. The fraction of sp³-hybridized carbons (Fsp3) is 0.200. The Hall–Kier alpha value is -2.77. The van der Waals surface area contributed by atoms with Crippen molar-refractivity contribution in [3.63, 3.8) is 0 Å². The summed E-state index contributed by atoms with van der Waals surface area (Å²) in [6.07, 6.45) is 4.83. The first-order valence-electron chi connectivity index (χ1n) is 8.65. The van der Waals surface area contributed by atoms with Gasteiger partial charge in [-0.1, -0.05) is 11.6 Å². The number of Topliss-reactive ketones (excluding diaryl/α,β-unsaturated/α-hetero) is 1. The molecule has 1 amide bonds. The van der Waals surface area contributed by atoms with Gasteiger partial charge in [-0.15, -0.1) is 11.3 Å². The summed E-state index contributed by atoms with van der Waals surface area (Å²) in [5.41, 5.74) is 2.20. The van der Waals surface area contributed by atoms with Crippen LogP contribution in [0.1, 0.15) is 32.6 Å². The van der Waals surface area contributed by atoms with Crippen molar-refractivity contribution in [2.75, 3.05) is 6.54 Å². The van der Waals surface area contributed by atoms with Gasteiger partial charge in [0, 0.05) is 29.3 Å². The molecule has 8 heteroatoms. The van der Waals surface area contributed by atoms with Gasteiger partial charge in [0.1, 0.15) is 17.5 Å². The van der Waals surface area contributed by atoms with E-state index in [1.165, 1.54) is 29.9 Å². The van der Waals surface area contributed by atoms with Crippen LogP contribution in [0.5, 0.6) is 5.75 Å². The zero-order chi connectivity index (χ0) is 19.7. The van der Waals surface area contributed by atoms with E-state index in [9.17, 15) is 9.59 Å². The van der Waals surface area contributed by atoms with Crippen LogP contribution in [0.15, 0.2) is 42.9 Å². The Bertz CT molecular complexity index is 1050. The molecule has 142 valence electrons. The maximum absolute atomic E-state index is 12.1. The summed E-state index contributed by atoms with van der Waals surface area (Å²) in [5, 5.41) is 3.33. The number of benzene rings is 1. The number of nitrogens with zero attached hydrogens (tertiary/aromatic N) is 2. The van der Waals surface area contributed by atoms with Crippen molar-refractivity contribution in [3.8, 4) is 16.2 Å². The monoisotopic (exact) mass is 413 g/mol. The lowest BCUT2D eigenvalue weighted by Gasteiger charge is -2.12. The molecule has 1 aliphatic heterocycles. The summed E-state index contributed by atoms with van der Waals surface area (Å²) in [5.74, 6) is 0.396. The van der Waals surface area contributed by atoms with Crippen LogP contribution in [0.2, 0.25) is 5.02 Å². The zero-order valence-electron chi connectivity index (χ0n) is 14.9. The van der Waals surface area contributed by atoms with E-state index in [1.54, 1.807) is 6.92 Å². The zero-order valence-corrected chi connectivity index (χ0v) is 16.5. The smallest absolute Gasteiger partial charge is 0.271 e. The highest BCUT2D eigenvalue weighted by Crippen LogP contribution is 2.41. The van der Waals surface area contributed by atoms with Crippen LogP contribution < -0.4 is 10.1 Å². The van der Waals surface area contributed by atoms with E-state index >= 15 is 0 Å². The Morgan fingerprint density at radius 3 is 2.89 bits per heavy atom. The standard InChI is InChI=1S/C20H16ClN3O3S/c1-11(25)17-2-3-18(28-17)12-6-13-7-14(27-19(13)15(21)8-12)9-24-20(26)16-10-22-4-5-23-16/h2-6,8,10,14H,7,9H2,1H3,(H,24,26). The van der Waals surface area contributed by atoms with Crippen molar-refractivity contribution >= 4 is 34.6 Å². The first-order chi connectivity index (χ1) is 13.5. The number of amides is 1. The molecule has 1 unspecified atom stereocenters. The second kappa shape index (κ2) is 7.69. The van der Waals surface area contributed by atoms with Crippen LogP contribution in [0.3, 0.4) is 0 Å². The second-order valence-corrected chi connectivity index (χ2v) is 7.90. The highest BCUT2D eigenvalue weighted by molar-refractivity contribution is 7.17. The van der Waals surface area contributed by atoms with Gasteiger partial charge in [-0.25, -0.2) is 4.98 Å². The fourth-order valence-electron chi connectivity index (χ4n) is 3.04. The van der Waals surface area contributed by atoms with Gasteiger partial charge in [0.15, 0.2) is 5.78 Å². The Kier molecular flexibility index (Phi) is 5.11. The molecule has 0 aliphatic carbocycles. The predicted molar refractivity (Wildman–Crippen MR) is 107 cm³/mol. The second-order valence-electron chi connectivity index (χ2n) is 6.41. The Balaban J connectivity index is 1.46. The van der Waals surface area contributed by atoms with Crippen molar-refractivity contribution in [1.29, 1.82) is 0 Å². The quantitative estimate of drug-likeness (QED) is 0.643. The number of fused-ring (bicyclic) bond motifs is 1. The largest absolute Gasteiger partial charge is 0.486 e. The minimum absolute atomic E-state index is 0.0470. The lowest BCUT2D eigenvalue weighted by Crippen LogP contribution is -2.34. The predicted octanol–water partition coefficient (Wildman–Crippen LogP) is 3.79. The third-order valence-electron chi connectivity index (χ3n) is 4.38. The van der Waals surface area contributed by atoms with Gasteiger partial charge in [-0.3, -0.25) is 14.6 Å². The van der Waals surface area contributed by atoms with E-state index in [2.05, 4.69) is 15.3 Å². The number of carbonyl (C=O) groups is 2. The fourth-order valence-corrected chi connectivity index (χ4v) is 4.21. The number of hydrogen-bond donors (Lipinski definition) is 1. The maximum atomic E-state index is 12.1. The number of carbonyl (C=O) groups excluding carboxylic acids is 2. The maximum Gasteiger partial charge on any atom is 0.271 e. The van der Waals surface area contributed by atoms with Crippen LogP contribution >= 0.6 is 22.9 Å². The molecular weight excluding hydrogens is 398 g/mol. The van der Waals surface area contributed by atoms with E-state index in [-0.39, 0.29) is 23.5 Å². The van der Waals surface area contributed by atoms with Crippen LogP contribution in [-0.2, 0) is 6.42 Å². The number of ether oxygens (including phenoxy) is 1. The average Bonchev–Trinajstić information content (AvgIpc) is 3.34. The van der Waals surface area contributed by atoms with E-state index < -0.39 is 0 Å². The molecule has 1 N–H and O–H groups in total. The summed E-state index contributed by atoms with van der Waals surface area (Å²) in [7, 11) is 0. The van der Waals surface area contributed by atoms with Crippen molar-refractivity contribution in [1.82, 2.24) is 15.3 Å². The molecule has 2 aromatic heterocycles. The van der Waals surface area contributed by atoms with E-state index in [4.69, 9.17) is 16.3 Å². The number of nitrogens with one attached hydrogen (secondary N) is 1. The van der Waals surface area contributed by atoms with Crippen LogP contribution in [-0.4, -0.2) is 34.3 Å². The van der Waals surface area contributed by atoms with Gasteiger partial charge in [-0.05, 0) is 36.8 Å². The lowest BCUT2D eigenvalue weighted by molar-refractivity contribution is 0.0927. The van der Waals surface area contributed by atoms with Crippen LogP contribution in [0.4, 0.5) is 0 Å². The summed E-state index contributed by atoms with van der Waals surface area (Å²) in [6.45, 7) is 1.89. The highest BCUT2D eigenvalue weighted by atomic mass is 35.5. The Labute approximate surface area is 170 Å².